The van der Waals surface area contributed by atoms with Gasteiger partial charge in [-0.2, -0.15) is 0 Å². The monoisotopic (exact) mass is 326 g/mol. The predicted molar refractivity (Wildman–Crippen MR) is 85.5 cm³/mol. The van der Waals surface area contributed by atoms with Crippen molar-refractivity contribution in [3.63, 3.8) is 0 Å². The lowest BCUT2D eigenvalue weighted by molar-refractivity contribution is 0.469. The Morgan fingerprint density at radius 1 is 1.17 bits per heavy atom. The second-order valence-corrected chi connectivity index (χ2v) is 5.43. The highest BCUT2D eigenvalue weighted by atomic mass is 35.5. The quantitative estimate of drug-likeness (QED) is 0.580. The number of halogens is 1. The van der Waals surface area contributed by atoms with Crippen LogP contribution in [0.1, 0.15) is 5.89 Å². The lowest BCUT2D eigenvalue weighted by Crippen LogP contribution is -2.21. The molecule has 0 saturated carbocycles. The third kappa shape index (κ3) is 2.53. The van der Waals surface area contributed by atoms with E-state index in [1.54, 1.807) is 36.7 Å². The molecular weight excluding hydrogens is 316 g/mol. The van der Waals surface area contributed by atoms with Crippen LogP contribution in [0.4, 0.5) is 0 Å². The van der Waals surface area contributed by atoms with Crippen LogP contribution in [0, 0.1) is 0 Å². The molecule has 3 heterocycles. The van der Waals surface area contributed by atoms with Gasteiger partial charge in [0.2, 0.25) is 5.89 Å². The Morgan fingerprint density at radius 2 is 2.09 bits per heavy atom. The summed E-state index contributed by atoms with van der Waals surface area (Å²) in [7, 11) is 0. The van der Waals surface area contributed by atoms with Crippen molar-refractivity contribution >= 4 is 17.2 Å². The molecule has 0 fully saturated rings. The number of pyridine rings is 1. The van der Waals surface area contributed by atoms with E-state index in [0.29, 0.717) is 22.3 Å². The van der Waals surface area contributed by atoms with E-state index in [1.807, 2.05) is 18.2 Å². The first kappa shape index (κ1) is 13.8. The van der Waals surface area contributed by atoms with Crippen molar-refractivity contribution in [2.45, 2.75) is 6.54 Å². The van der Waals surface area contributed by atoms with E-state index in [1.165, 1.54) is 9.08 Å². The largest absolute Gasteiger partial charge is 0.439 e. The Labute approximate surface area is 135 Å². The van der Waals surface area contributed by atoms with Gasteiger partial charge >= 0.3 is 5.69 Å². The second-order valence-electron chi connectivity index (χ2n) is 5.00. The molecular formula is C16H11ClN4O2. The smallest absolute Gasteiger partial charge is 0.350 e. The lowest BCUT2D eigenvalue weighted by atomic mass is 10.2. The van der Waals surface area contributed by atoms with Crippen molar-refractivity contribution < 1.29 is 4.42 Å². The van der Waals surface area contributed by atoms with E-state index in [0.717, 1.165) is 5.56 Å². The summed E-state index contributed by atoms with van der Waals surface area (Å²) in [6, 6.07) is 12.7. The van der Waals surface area contributed by atoms with Crippen LogP contribution < -0.4 is 5.69 Å². The molecule has 0 spiro atoms. The van der Waals surface area contributed by atoms with Crippen LogP contribution in [0.25, 0.3) is 17.0 Å². The van der Waals surface area contributed by atoms with Gasteiger partial charge in [-0.3, -0.25) is 4.40 Å². The molecule has 0 aliphatic carbocycles. The predicted octanol–water partition coefficient (Wildman–Crippen LogP) is 2.85. The van der Waals surface area contributed by atoms with Gasteiger partial charge in [0, 0.05) is 16.8 Å². The fourth-order valence-corrected chi connectivity index (χ4v) is 2.55. The molecule has 4 rings (SSSR count). The number of hydrogen-bond donors (Lipinski definition) is 0. The zero-order valence-electron chi connectivity index (χ0n) is 11.9. The van der Waals surface area contributed by atoms with Gasteiger partial charge in [0.15, 0.2) is 11.4 Å². The van der Waals surface area contributed by atoms with Crippen molar-refractivity contribution in [2.24, 2.45) is 0 Å². The minimum absolute atomic E-state index is 0.168. The summed E-state index contributed by atoms with van der Waals surface area (Å²) in [6.07, 6.45) is 3.29. The lowest BCUT2D eigenvalue weighted by Gasteiger charge is -1.97. The fraction of sp³-hybridized carbons (Fsp3) is 0.0625. The summed E-state index contributed by atoms with van der Waals surface area (Å²) >= 11 is 5.98. The molecule has 23 heavy (non-hydrogen) atoms. The molecule has 6 nitrogen and oxygen atoms in total. The molecule has 0 aliphatic heterocycles. The average Bonchev–Trinajstić information content (AvgIpc) is 3.14. The third-order valence-electron chi connectivity index (χ3n) is 3.44. The van der Waals surface area contributed by atoms with Gasteiger partial charge < -0.3 is 4.42 Å². The molecule has 0 bridgehead atoms. The summed E-state index contributed by atoms with van der Waals surface area (Å²) in [4.78, 5) is 16.4. The summed E-state index contributed by atoms with van der Waals surface area (Å²) < 4.78 is 8.50. The van der Waals surface area contributed by atoms with Gasteiger partial charge in [0.05, 0.1) is 6.20 Å². The zero-order chi connectivity index (χ0) is 15.8. The summed E-state index contributed by atoms with van der Waals surface area (Å²) in [5, 5.41) is 4.87. The summed E-state index contributed by atoms with van der Waals surface area (Å²) in [6.45, 7) is 0.168. The van der Waals surface area contributed by atoms with Crippen LogP contribution in [0.15, 0.2) is 64.1 Å². The molecule has 0 radical (unpaired) electrons. The van der Waals surface area contributed by atoms with Crippen LogP contribution in [0.5, 0.6) is 0 Å². The molecule has 0 atom stereocenters. The number of aromatic nitrogens is 4. The highest BCUT2D eigenvalue weighted by Crippen LogP contribution is 2.23. The Hall–Kier alpha value is -2.86. The normalized spacial score (nSPS) is 11.2. The first-order chi connectivity index (χ1) is 11.2. The van der Waals surface area contributed by atoms with Crippen LogP contribution in [-0.2, 0) is 6.54 Å². The van der Waals surface area contributed by atoms with Gasteiger partial charge in [0.1, 0.15) is 6.54 Å². The maximum atomic E-state index is 12.2. The van der Waals surface area contributed by atoms with Crippen LogP contribution in [-0.4, -0.2) is 19.2 Å². The number of oxazole rings is 1. The van der Waals surface area contributed by atoms with Crippen molar-refractivity contribution in [3.05, 3.63) is 76.3 Å². The van der Waals surface area contributed by atoms with E-state index >= 15 is 0 Å². The minimum Gasteiger partial charge on any atom is -0.439 e. The molecule has 0 aliphatic rings. The van der Waals surface area contributed by atoms with E-state index < -0.39 is 0 Å². The van der Waals surface area contributed by atoms with Crippen LogP contribution in [0.2, 0.25) is 5.02 Å². The number of rotatable bonds is 3. The second kappa shape index (κ2) is 5.40. The first-order valence-electron chi connectivity index (χ1n) is 6.95. The van der Waals surface area contributed by atoms with E-state index in [9.17, 15) is 4.79 Å². The van der Waals surface area contributed by atoms with Crippen molar-refractivity contribution in [3.8, 4) is 11.3 Å². The number of nitrogens with zero attached hydrogens (tertiary/aromatic N) is 4. The Bertz CT molecular complexity index is 1050. The van der Waals surface area contributed by atoms with Crippen molar-refractivity contribution in [1.29, 1.82) is 0 Å². The molecule has 4 aromatic rings. The number of fused-ring (bicyclic) bond motifs is 1. The van der Waals surface area contributed by atoms with Crippen molar-refractivity contribution in [1.82, 2.24) is 19.2 Å². The maximum Gasteiger partial charge on any atom is 0.350 e. The van der Waals surface area contributed by atoms with E-state index in [2.05, 4.69) is 10.1 Å². The fourth-order valence-electron chi connectivity index (χ4n) is 2.36. The molecule has 1 aromatic carbocycles. The van der Waals surface area contributed by atoms with Gasteiger partial charge in [0.25, 0.3) is 0 Å². The van der Waals surface area contributed by atoms with Gasteiger partial charge in [-0.05, 0) is 24.3 Å². The van der Waals surface area contributed by atoms with E-state index in [-0.39, 0.29) is 12.2 Å². The van der Waals surface area contributed by atoms with Crippen LogP contribution >= 0.6 is 11.6 Å². The van der Waals surface area contributed by atoms with Gasteiger partial charge in [-0.15, -0.1) is 5.10 Å². The van der Waals surface area contributed by atoms with Crippen LogP contribution in [0.3, 0.4) is 0 Å². The van der Waals surface area contributed by atoms with E-state index in [4.69, 9.17) is 16.0 Å². The highest BCUT2D eigenvalue weighted by Gasteiger charge is 2.11. The summed E-state index contributed by atoms with van der Waals surface area (Å²) in [5.41, 5.74) is 1.18. The third-order valence-corrected chi connectivity index (χ3v) is 3.67. The molecule has 7 heteroatoms. The first-order valence-corrected chi connectivity index (χ1v) is 7.33. The molecule has 0 N–H and O–H groups in total. The zero-order valence-corrected chi connectivity index (χ0v) is 12.6. The topological polar surface area (TPSA) is 65.3 Å². The van der Waals surface area contributed by atoms with Gasteiger partial charge in [-0.1, -0.05) is 29.8 Å². The van der Waals surface area contributed by atoms with Gasteiger partial charge in [-0.25, -0.2) is 14.5 Å². The Kier molecular flexibility index (Phi) is 3.24. The SMILES string of the molecule is O=c1n(Cc2ncc(-c3cccc(Cl)c3)o2)nc2ccccn12. The molecule has 0 amide bonds. The highest BCUT2D eigenvalue weighted by molar-refractivity contribution is 6.30. The Morgan fingerprint density at radius 3 is 2.91 bits per heavy atom. The number of hydrogen-bond acceptors (Lipinski definition) is 4. The molecule has 3 aromatic heterocycles. The minimum atomic E-state index is -0.233. The standard InChI is InChI=1S/C16H11ClN4O2/c17-12-5-3-4-11(8-12)13-9-18-15(23-13)10-21-16(22)20-7-2-1-6-14(20)19-21/h1-9H,10H2. The molecule has 0 saturated heterocycles. The molecule has 114 valence electrons. The van der Waals surface area contributed by atoms with Crippen molar-refractivity contribution in [2.75, 3.05) is 0 Å². The molecule has 0 unspecified atom stereocenters. The maximum absolute atomic E-state index is 12.2. The number of benzene rings is 1. The summed E-state index contributed by atoms with van der Waals surface area (Å²) in [5.74, 6) is 1.00. The average molecular weight is 327 g/mol. The Balaban J connectivity index is 1.67.